The summed E-state index contributed by atoms with van der Waals surface area (Å²) >= 11 is 1.57. The second kappa shape index (κ2) is 7.56. The Labute approximate surface area is 161 Å². The van der Waals surface area contributed by atoms with E-state index in [-0.39, 0.29) is 17.2 Å². The first-order valence-electron chi connectivity index (χ1n) is 8.80. The second-order valence-electron chi connectivity index (χ2n) is 7.19. The van der Waals surface area contributed by atoms with E-state index in [1.54, 1.807) is 17.8 Å². The van der Waals surface area contributed by atoms with E-state index in [4.69, 9.17) is 0 Å². The smallest absolute Gasteiger partial charge is 0.324 e. The van der Waals surface area contributed by atoms with Crippen molar-refractivity contribution in [1.29, 1.82) is 0 Å². The minimum absolute atomic E-state index is 0.0203. The van der Waals surface area contributed by atoms with Crippen LogP contribution in [0.4, 0.5) is 5.69 Å². The van der Waals surface area contributed by atoms with Gasteiger partial charge in [-0.15, -0.1) is 5.10 Å². The van der Waals surface area contributed by atoms with Crippen molar-refractivity contribution in [2.75, 3.05) is 5.32 Å². The Morgan fingerprint density at radius 1 is 1.11 bits per heavy atom. The lowest BCUT2D eigenvalue weighted by Gasteiger charge is -2.16. The van der Waals surface area contributed by atoms with E-state index in [9.17, 15) is 9.59 Å². The monoisotopic (exact) mass is 385 g/mol. The predicted octanol–water partition coefficient (Wildman–Crippen LogP) is 2.98. The molecule has 0 unspecified atom stereocenters. The molecule has 2 aromatic heterocycles. The first-order valence-corrected chi connectivity index (χ1v) is 9.61. The van der Waals surface area contributed by atoms with Gasteiger partial charge < -0.3 is 5.32 Å². The minimum Gasteiger partial charge on any atom is -0.324 e. The maximum atomic E-state index is 12.5. The zero-order valence-corrected chi connectivity index (χ0v) is 16.7. The average Bonchev–Trinajstić information content (AvgIpc) is 2.90. The number of aryl methyl sites for hydroxylation is 1. The molecule has 2 heterocycles. The summed E-state index contributed by atoms with van der Waals surface area (Å²) in [5.41, 5.74) is 1.87. The standard InChI is InChI=1S/C19H23N5O2S/c1-5-13-6-8-14(9-7-13)20-16(25)12-23-18(26)24-15(21-23)10-11-17(22-24)27-19(2,3)4/h6-11H,5,12H2,1-4H3,(H,20,25). The maximum Gasteiger partial charge on any atom is 0.367 e. The number of fused-ring (bicyclic) bond motifs is 1. The molecule has 142 valence electrons. The number of thioether (sulfide) groups is 1. The molecule has 0 aliphatic heterocycles. The zero-order valence-electron chi connectivity index (χ0n) is 15.9. The Balaban J connectivity index is 1.76. The van der Waals surface area contributed by atoms with Crippen molar-refractivity contribution in [2.45, 2.75) is 50.4 Å². The molecular weight excluding hydrogens is 362 g/mol. The highest BCUT2D eigenvalue weighted by molar-refractivity contribution is 8.00. The van der Waals surface area contributed by atoms with Crippen molar-refractivity contribution in [3.63, 3.8) is 0 Å². The molecule has 0 saturated heterocycles. The lowest BCUT2D eigenvalue weighted by molar-refractivity contribution is -0.117. The maximum absolute atomic E-state index is 12.5. The van der Waals surface area contributed by atoms with Crippen LogP contribution in [0, 0.1) is 0 Å². The van der Waals surface area contributed by atoms with E-state index in [0.29, 0.717) is 11.3 Å². The molecule has 0 saturated carbocycles. The number of aromatic nitrogens is 4. The van der Waals surface area contributed by atoms with Gasteiger partial charge in [0.1, 0.15) is 11.6 Å². The third kappa shape index (κ3) is 4.77. The predicted molar refractivity (Wildman–Crippen MR) is 107 cm³/mol. The van der Waals surface area contributed by atoms with Gasteiger partial charge in [0.15, 0.2) is 5.65 Å². The Bertz CT molecular complexity index is 1020. The lowest BCUT2D eigenvalue weighted by Crippen LogP contribution is -2.29. The van der Waals surface area contributed by atoms with E-state index in [0.717, 1.165) is 16.1 Å². The summed E-state index contributed by atoms with van der Waals surface area (Å²) < 4.78 is 2.34. The fourth-order valence-corrected chi connectivity index (χ4v) is 3.41. The second-order valence-corrected chi connectivity index (χ2v) is 9.04. The number of amides is 1. The number of hydrogen-bond donors (Lipinski definition) is 1. The fraction of sp³-hybridized carbons (Fsp3) is 0.368. The van der Waals surface area contributed by atoms with Gasteiger partial charge in [0, 0.05) is 10.4 Å². The summed E-state index contributed by atoms with van der Waals surface area (Å²) in [6.07, 6.45) is 0.938. The molecule has 0 spiro atoms. The molecule has 3 aromatic rings. The van der Waals surface area contributed by atoms with Gasteiger partial charge in [-0.25, -0.2) is 9.48 Å². The fourth-order valence-electron chi connectivity index (χ4n) is 2.52. The van der Waals surface area contributed by atoms with Crippen LogP contribution in [0.15, 0.2) is 46.2 Å². The van der Waals surface area contributed by atoms with Gasteiger partial charge in [-0.05, 0) is 36.2 Å². The van der Waals surface area contributed by atoms with E-state index in [2.05, 4.69) is 43.2 Å². The molecule has 1 N–H and O–H groups in total. The van der Waals surface area contributed by atoms with Crippen LogP contribution in [0.3, 0.4) is 0 Å². The van der Waals surface area contributed by atoms with Gasteiger partial charge in [-0.1, -0.05) is 51.6 Å². The number of anilines is 1. The molecule has 0 atom stereocenters. The summed E-state index contributed by atoms with van der Waals surface area (Å²) in [6.45, 7) is 8.13. The highest BCUT2D eigenvalue weighted by atomic mass is 32.2. The molecule has 8 heteroatoms. The largest absolute Gasteiger partial charge is 0.367 e. The van der Waals surface area contributed by atoms with Gasteiger partial charge in [0.25, 0.3) is 0 Å². The number of hydrogen-bond acceptors (Lipinski definition) is 5. The Hall–Kier alpha value is -2.61. The van der Waals surface area contributed by atoms with Gasteiger partial charge >= 0.3 is 5.69 Å². The number of rotatable bonds is 5. The Morgan fingerprint density at radius 3 is 2.44 bits per heavy atom. The third-order valence-corrected chi connectivity index (χ3v) is 4.81. The highest BCUT2D eigenvalue weighted by Crippen LogP contribution is 2.29. The van der Waals surface area contributed by atoms with Crippen molar-refractivity contribution >= 4 is 29.0 Å². The quantitative estimate of drug-likeness (QED) is 0.683. The summed E-state index contributed by atoms with van der Waals surface area (Å²) in [7, 11) is 0. The number of carbonyl (C=O) groups excluding carboxylic acids is 1. The number of nitrogens with one attached hydrogen (secondary N) is 1. The summed E-state index contributed by atoms with van der Waals surface area (Å²) in [5.74, 6) is -0.311. The molecule has 1 aromatic carbocycles. The SMILES string of the molecule is CCc1ccc(NC(=O)Cn2nc3ccc(SC(C)(C)C)nn3c2=O)cc1. The molecule has 0 radical (unpaired) electrons. The molecule has 0 aliphatic carbocycles. The van der Waals surface area contributed by atoms with Crippen molar-refractivity contribution in [2.24, 2.45) is 0 Å². The molecule has 7 nitrogen and oxygen atoms in total. The van der Waals surface area contributed by atoms with Gasteiger partial charge in [-0.2, -0.15) is 9.61 Å². The molecule has 3 rings (SSSR count). The van der Waals surface area contributed by atoms with E-state index in [1.165, 1.54) is 10.1 Å². The van der Waals surface area contributed by atoms with Crippen LogP contribution in [-0.2, 0) is 17.8 Å². The first kappa shape index (κ1) is 19.2. The molecule has 0 aliphatic rings. The average molecular weight is 385 g/mol. The molecule has 1 amide bonds. The molecule has 0 bridgehead atoms. The van der Waals surface area contributed by atoms with Crippen LogP contribution in [0.25, 0.3) is 5.65 Å². The molecule has 27 heavy (non-hydrogen) atoms. The number of carbonyl (C=O) groups is 1. The van der Waals surface area contributed by atoms with Crippen molar-refractivity contribution < 1.29 is 4.79 Å². The van der Waals surface area contributed by atoms with Crippen LogP contribution in [0.1, 0.15) is 33.3 Å². The zero-order chi connectivity index (χ0) is 19.6. The van der Waals surface area contributed by atoms with E-state index >= 15 is 0 Å². The minimum atomic E-state index is -0.433. The Kier molecular flexibility index (Phi) is 5.36. The normalized spacial score (nSPS) is 11.7. The summed E-state index contributed by atoms with van der Waals surface area (Å²) in [5, 5.41) is 12.1. The number of nitrogens with zero attached hydrogens (tertiary/aromatic N) is 4. The first-order chi connectivity index (χ1) is 12.7. The lowest BCUT2D eigenvalue weighted by atomic mass is 10.1. The molecule has 0 fully saturated rings. The summed E-state index contributed by atoms with van der Waals surface area (Å²) in [4.78, 5) is 24.8. The van der Waals surface area contributed by atoms with Crippen LogP contribution < -0.4 is 11.0 Å². The van der Waals surface area contributed by atoms with Gasteiger partial charge in [-0.3, -0.25) is 4.79 Å². The van der Waals surface area contributed by atoms with Crippen LogP contribution >= 0.6 is 11.8 Å². The Morgan fingerprint density at radius 2 is 1.81 bits per heavy atom. The van der Waals surface area contributed by atoms with Crippen molar-refractivity contribution in [1.82, 2.24) is 19.4 Å². The summed E-state index contributed by atoms with van der Waals surface area (Å²) in [6, 6.07) is 11.2. The third-order valence-electron chi connectivity index (χ3n) is 3.77. The van der Waals surface area contributed by atoms with Crippen molar-refractivity contribution in [3.05, 3.63) is 52.4 Å². The van der Waals surface area contributed by atoms with Crippen molar-refractivity contribution in [3.8, 4) is 0 Å². The highest BCUT2D eigenvalue weighted by Gasteiger charge is 2.16. The van der Waals surface area contributed by atoms with E-state index < -0.39 is 5.69 Å². The van der Waals surface area contributed by atoms with Gasteiger partial charge in [0.2, 0.25) is 5.91 Å². The number of benzene rings is 1. The van der Waals surface area contributed by atoms with E-state index in [1.807, 2.05) is 30.3 Å². The molecular formula is C19H23N5O2S. The topological polar surface area (TPSA) is 81.3 Å². The van der Waals surface area contributed by atoms with Gasteiger partial charge in [0.05, 0.1) is 0 Å². The van der Waals surface area contributed by atoms with Crippen LogP contribution in [0.5, 0.6) is 0 Å². The van der Waals surface area contributed by atoms with Crippen LogP contribution in [-0.4, -0.2) is 30.0 Å². The van der Waals surface area contributed by atoms with Crippen LogP contribution in [0.2, 0.25) is 0 Å².